The van der Waals surface area contributed by atoms with E-state index < -0.39 is 0 Å². The number of benzene rings is 2. The summed E-state index contributed by atoms with van der Waals surface area (Å²) in [4.78, 5) is 38.8. The normalized spacial score (nSPS) is 18.5. The third-order valence-electron chi connectivity index (χ3n) is 4.97. The molecule has 1 fully saturated rings. The maximum absolute atomic E-state index is 12.7. The lowest BCUT2D eigenvalue weighted by Crippen LogP contribution is -2.36. The van der Waals surface area contributed by atoms with Crippen molar-refractivity contribution in [3.05, 3.63) is 64.2 Å². The van der Waals surface area contributed by atoms with E-state index in [2.05, 4.69) is 5.32 Å². The number of anilines is 1. The van der Waals surface area contributed by atoms with Gasteiger partial charge in [-0.25, -0.2) is 0 Å². The van der Waals surface area contributed by atoms with Crippen LogP contribution in [0.3, 0.4) is 0 Å². The van der Waals surface area contributed by atoms with Gasteiger partial charge in [-0.3, -0.25) is 19.3 Å². The Hall–Kier alpha value is -2.70. The molecule has 0 spiro atoms. The number of rotatable bonds is 5. The molecule has 0 aliphatic carbocycles. The van der Waals surface area contributed by atoms with E-state index >= 15 is 0 Å². The Bertz CT molecular complexity index is 953. The largest absolute Gasteiger partial charge is 0.376 e. The van der Waals surface area contributed by atoms with Crippen molar-refractivity contribution in [2.24, 2.45) is 0 Å². The minimum absolute atomic E-state index is 0.1000. The van der Waals surface area contributed by atoms with Crippen molar-refractivity contribution in [1.82, 2.24) is 4.90 Å². The molecule has 0 aromatic heterocycles. The van der Waals surface area contributed by atoms with Crippen molar-refractivity contribution in [2.75, 3.05) is 18.5 Å². The summed E-state index contributed by atoms with van der Waals surface area (Å²) in [5, 5.41) is 3.29. The van der Waals surface area contributed by atoms with Gasteiger partial charge in [0.25, 0.3) is 11.8 Å². The maximum Gasteiger partial charge on any atom is 0.261 e. The van der Waals surface area contributed by atoms with Crippen LogP contribution in [-0.2, 0) is 16.0 Å². The molecule has 2 aliphatic heterocycles. The summed E-state index contributed by atoms with van der Waals surface area (Å²) in [6, 6.07) is 11.9. The average Bonchev–Trinajstić information content (AvgIpc) is 3.27. The molecule has 1 saturated heterocycles. The zero-order valence-electron chi connectivity index (χ0n) is 15.1. The molecule has 2 aliphatic rings. The second-order valence-electron chi connectivity index (χ2n) is 6.93. The molecule has 4 rings (SSSR count). The molecule has 6 nitrogen and oxygen atoms in total. The molecule has 1 N–H and O–H groups in total. The van der Waals surface area contributed by atoms with Crippen LogP contribution in [0.2, 0.25) is 5.02 Å². The van der Waals surface area contributed by atoms with Crippen LogP contribution in [0.15, 0.2) is 42.5 Å². The number of halogens is 1. The minimum atomic E-state index is -0.349. The quantitative estimate of drug-likeness (QED) is 0.784. The fourth-order valence-corrected chi connectivity index (χ4v) is 3.75. The fraction of sp³-hybridized carbons (Fsp3) is 0.286. The Morgan fingerprint density at radius 3 is 2.68 bits per heavy atom. The highest BCUT2D eigenvalue weighted by Crippen LogP contribution is 2.27. The molecule has 28 heavy (non-hydrogen) atoms. The van der Waals surface area contributed by atoms with Crippen molar-refractivity contribution < 1.29 is 19.1 Å². The SMILES string of the molecule is O=C(Cc1ccccc1Cl)Nc1ccc2c(c1)C(=O)N(CC1CCCO1)C2=O. The number of imide groups is 1. The summed E-state index contributed by atoms with van der Waals surface area (Å²) in [5.74, 6) is -0.914. The highest BCUT2D eigenvalue weighted by Gasteiger charge is 2.37. The Kier molecular flexibility index (Phi) is 5.15. The molecule has 2 aromatic carbocycles. The van der Waals surface area contributed by atoms with Gasteiger partial charge in [0.15, 0.2) is 0 Å². The predicted molar refractivity (Wildman–Crippen MR) is 105 cm³/mol. The monoisotopic (exact) mass is 398 g/mol. The van der Waals surface area contributed by atoms with Crippen molar-refractivity contribution >= 4 is 35.0 Å². The van der Waals surface area contributed by atoms with Gasteiger partial charge in [0.05, 0.1) is 30.2 Å². The van der Waals surface area contributed by atoms with Gasteiger partial charge in [0.1, 0.15) is 0 Å². The smallest absolute Gasteiger partial charge is 0.261 e. The van der Waals surface area contributed by atoms with Crippen LogP contribution in [0.25, 0.3) is 0 Å². The lowest BCUT2D eigenvalue weighted by Gasteiger charge is -2.17. The van der Waals surface area contributed by atoms with Gasteiger partial charge in [-0.1, -0.05) is 29.8 Å². The van der Waals surface area contributed by atoms with Crippen molar-refractivity contribution in [1.29, 1.82) is 0 Å². The summed E-state index contributed by atoms with van der Waals surface area (Å²) < 4.78 is 5.54. The molecule has 0 saturated carbocycles. The van der Waals surface area contributed by atoms with Crippen LogP contribution in [0.4, 0.5) is 5.69 Å². The first kappa shape index (κ1) is 18.7. The van der Waals surface area contributed by atoms with Gasteiger partial charge in [-0.2, -0.15) is 0 Å². The van der Waals surface area contributed by atoms with E-state index in [0.29, 0.717) is 28.4 Å². The summed E-state index contributed by atoms with van der Waals surface area (Å²) in [7, 11) is 0. The van der Waals surface area contributed by atoms with Crippen LogP contribution in [-0.4, -0.2) is 41.9 Å². The highest BCUT2D eigenvalue weighted by atomic mass is 35.5. The van der Waals surface area contributed by atoms with Crippen molar-refractivity contribution in [3.8, 4) is 0 Å². The molecule has 0 bridgehead atoms. The van der Waals surface area contributed by atoms with Gasteiger partial charge in [-0.05, 0) is 42.7 Å². The zero-order valence-corrected chi connectivity index (χ0v) is 15.9. The topological polar surface area (TPSA) is 75.7 Å². The van der Waals surface area contributed by atoms with E-state index in [1.165, 1.54) is 4.90 Å². The molecule has 2 heterocycles. The first-order chi connectivity index (χ1) is 13.5. The lowest BCUT2D eigenvalue weighted by molar-refractivity contribution is -0.115. The van der Waals surface area contributed by atoms with Crippen LogP contribution in [0.5, 0.6) is 0 Å². The summed E-state index contributed by atoms with van der Waals surface area (Å²) >= 11 is 6.09. The zero-order chi connectivity index (χ0) is 19.7. The first-order valence-corrected chi connectivity index (χ1v) is 9.56. The molecule has 3 amide bonds. The number of carbonyl (C=O) groups is 3. The predicted octanol–water partition coefficient (Wildman–Crippen LogP) is 3.30. The van der Waals surface area contributed by atoms with Gasteiger partial charge in [-0.15, -0.1) is 0 Å². The fourth-order valence-electron chi connectivity index (χ4n) is 3.55. The number of hydrogen-bond acceptors (Lipinski definition) is 4. The second kappa shape index (κ2) is 7.73. The standard InChI is InChI=1S/C21H19ClN2O4/c22-18-6-2-1-4-13(18)10-19(25)23-14-7-8-16-17(11-14)21(27)24(20(16)26)12-15-5-3-9-28-15/h1-2,4,6-8,11,15H,3,5,9-10,12H2,(H,23,25). The third-order valence-corrected chi connectivity index (χ3v) is 5.34. The highest BCUT2D eigenvalue weighted by molar-refractivity contribution is 6.31. The van der Waals surface area contributed by atoms with E-state index in [-0.39, 0.29) is 36.8 Å². The van der Waals surface area contributed by atoms with E-state index in [9.17, 15) is 14.4 Å². The minimum Gasteiger partial charge on any atom is -0.376 e. The molecular weight excluding hydrogens is 380 g/mol. The number of carbonyl (C=O) groups excluding carboxylic acids is 3. The van der Waals surface area contributed by atoms with Gasteiger partial charge in [0.2, 0.25) is 5.91 Å². The van der Waals surface area contributed by atoms with Gasteiger partial charge in [0, 0.05) is 17.3 Å². The molecule has 7 heteroatoms. The lowest BCUT2D eigenvalue weighted by atomic mass is 10.1. The molecule has 144 valence electrons. The molecule has 1 atom stereocenters. The Labute approximate surface area is 167 Å². The molecule has 1 unspecified atom stereocenters. The Balaban J connectivity index is 1.47. The Morgan fingerprint density at radius 2 is 1.93 bits per heavy atom. The number of fused-ring (bicyclic) bond motifs is 1. The third kappa shape index (κ3) is 3.66. The van der Waals surface area contributed by atoms with Crippen LogP contribution < -0.4 is 5.32 Å². The average molecular weight is 399 g/mol. The molecular formula is C21H19ClN2O4. The summed E-state index contributed by atoms with van der Waals surface area (Å²) in [6.45, 7) is 0.927. The Morgan fingerprint density at radius 1 is 1.14 bits per heavy atom. The number of nitrogens with one attached hydrogen (secondary N) is 1. The van der Waals surface area contributed by atoms with E-state index in [1.54, 1.807) is 36.4 Å². The summed E-state index contributed by atoms with van der Waals surface area (Å²) in [5.41, 5.74) is 1.85. The maximum atomic E-state index is 12.7. The van der Waals surface area contributed by atoms with Crippen molar-refractivity contribution in [2.45, 2.75) is 25.4 Å². The van der Waals surface area contributed by atoms with E-state index in [4.69, 9.17) is 16.3 Å². The number of ether oxygens (including phenoxy) is 1. The van der Waals surface area contributed by atoms with Crippen molar-refractivity contribution in [3.63, 3.8) is 0 Å². The van der Waals surface area contributed by atoms with Gasteiger partial charge >= 0.3 is 0 Å². The second-order valence-corrected chi connectivity index (χ2v) is 7.34. The van der Waals surface area contributed by atoms with Crippen LogP contribution in [0, 0.1) is 0 Å². The van der Waals surface area contributed by atoms with Gasteiger partial charge < -0.3 is 10.1 Å². The molecule has 0 radical (unpaired) electrons. The van der Waals surface area contributed by atoms with Crippen LogP contribution >= 0.6 is 11.6 Å². The number of nitrogens with zero attached hydrogens (tertiary/aromatic N) is 1. The first-order valence-electron chi connectivity index (χ1n) is 9.18. The molecule has 2 aromatic rings. The number of amides is 3. The summed E-state index contributed by atoms with van der Waals surface area (Å²) in [6.07, 6.45) is 1.80. The van der Waals surface area contributed by atoms with Crippen LogP contribution in [0.1, 0.15) is 39.1 Å². The van der Waals surface area contributed by atoms with E-state index in [0.717, 1.165) is 18.4 Å². The van der Waals surface area contributed by atoms with E-state index in [1.807, 2.05) is 6.07 Å². The number of hydrogen-bond donors (Lipinski definition) is 1.